The predicted molar refractivity (Wildman–Crippen MR) is 195 cm³/mol. The van der Waals surface area contributed by atoms with Crippen molar-refractivity contribution >= 4 is 17.8 Å². The van der Waals surface area contributed by atoms with Gasteiger partial charge >= 0.3 is 5.97 Å². The lowest BCUT2D eigenvalue weighted by molar-refractivity contribution is -0.157. The molecule has 7 nitrogen and oxygen atoms in total. The molecule has 3 atom stereocenters. The lowest BCUT2D eigenvalue weighted by Crippen LogP contribution is -2.51. The van der Waals surface area contributed by atoms with Gasteiger partial charge in [-0.25, -0.2) is 0 Å². The van der Waals surface area contributed by atoms with Crippen LogP contribution in [0.5, 0.6) is 0 Å². The van der Waals surface area contributed by atoms with Crippen LogP contribution in [-0.4, -0.2) is 43.1 Å². The second-order valence-electron chi connectivity index (χ2n) is 13.6. The lowest BCUT2D eigenvalue weighted by Gasteiger charge is -2.26. The number of hydrogen-bond acceptors (Lipinski definition) is 5. The van der Waals surface area contributed by atoms with Gasteiger partial charge < -0.3 is 20.1 Å². The molecule has 0 spiro atoms. The van der Waals surface area contributed by atoms with Crippen LogP contribution in [0.1, 0.15) is 68.3 Å². The normalized spacial score (nSPS) is 13.2. The van der Waals surface area contributed by atoms with Crippen molar-refractivity contribution in [3.8, 4) is 11.1 Å². The summed E-state index contributed by atoms with van der Waals surface area (Å²) in [6.07, 6.45) is 2.10. The summed E-state index contributed by atoms with van der Waals surface area (Å²) in [5.74, 6) is -1.79. The van der Waals surface area contributed by atoms with Crippen LogP contribution in [0, 0.1) is 12.8 Å². The van der Waals surface area contributed by atoms with Crippen molar-refractivity contribution in [1.29, 1.82) is 0 Å². The van der Waals surface area contributed by atoms with E-state index in [0.717, 1.165) is 17.5 Å². The molecule has 0 bridgehead atoms. The zero-order chi connectivity index (χ0) is 35.2. The molecular weight excluding hydrogens is 612 g/mol. The van der Waals surface area contributed by atoms with E-state index >= 15 is 0 Å². The van der Waals surface area contributed by atoms with Gasteiger partial charge in [0.05, 0.1) is 19.1 Å². The highest BCUT2D eigenvalue weighted by molar-refractivity contribution is 5.90. The van der Waals surface area contributed by atoms with Gasteiger partial charge in [0.15, 0.2) is 0 Å². The molecule has 0 heterocycles. The summed E-state index contributed by atoms with van der Waals surface area (Å²) in [6.45, 7) is 7.81. The predicted octanol–water partition coefficient (Wildman–Crippen LogP) is 7.56. The Bertz CT molecular complexity index is 1630. The zero-order valence-corrected chi connectivity index (χ0v) is 29.4. The van der Waals surface area contributed by atoms with Gasteiger partial charge in [0, 0.05) is 19.4 Å². The Morgan fingerprint density at radius 3 is 2.00 bits per heavy atom. The highest BCUT2D eigenvalue weighted by atomic mass is 16.6. The van der Waals surface area contributed by atoms with E-state index in [1.54, 1.807) is 7.11 Å². The second-order valence-corrected chi connectivity index (χ2v) is 13.6. The van der Waals surface area contributed by atoms with Crippen LogP contribution in [0.4, 0.5) is 0 Å². The van der Waals surface area contributed by atoms with Gasteiger partial charge in [-0.3, -0.25) is 14.4 Å². The molecule has 7 heteroatoms. The molecule has 0 radical (unpaired) electrons. The Morgan fingerprint density at radius 1 is 0.755 bits per heavy atom. The van der Waals surface area contributed by atoms with Crippen LogP contribution in [0.2, 0.25) is 0 Å². The first-order valence-electron chi connectivity index (χ1n) is 17.1. The molecule has 0 fully saturated rings. The summed E-state index contributed by atoms with van der Waals surface area (Å²) in [4.78, 5) is 40.9. The minimum absolute atomic E-state index is 0.0783. The summed E-state index contributed by atoms with van der Waals surface area (Å²) < 4.78 is 11.0. The fourth-order valence-corrected chi connectivity index (χ4v) is 5.98. The maximum absolute atomic E-state index is 14.0. The lowest BCUT2D eigenvalue weighted by atomic mass is 9.93. The number of rotatable bonds is 16. The number of esters is 1. The molecule has 0 aliphatic carbocycles. The first-order valence-corrected chi connectivity index (χ1v) is 17.1. The van der Waals surface area contributed by atoms with E-state index in [1.165, 1.54) is 22.3 Å². The molecule has 2 amide bonds. The Morgan fingerprint density at radius 2 is 1.39 bits per heavy atom. The minimum Gasteiger partial charge on any atom is -0.460 e. The third-order valence-corrected chi connectivity index (χ3v) is 8.36. The Labute approximate surface area is 291 Å². The SMILES string of the molecule is COCC(NC(=O)C(Cc1ccccc1)NC(=O)C(CCCc1ccc(-c2ccccc2)c(C)c1)CC(=O)OC(C)(C)C)c1ccccc1. The number of methoxy groups -OCH3 is 1. The van der Waals surface area contributed by atoms with Crippen LogP contribution in [0.15, 0.2) is 109 Å². The molecule has 3 unspecified atom stereocenters. The Kier molecular flexibility index (Phi) is 13.7. The molecular formula is C42H50N2O5. The molecule has 0 aliphatic rings. The molecule has 0 saturated carbocycles. The Balaban J connectivity index is 1.50. The van der Waals surface area contributed by atoms with Crippen molar-refractivity contribution < 1.29 is 23.9 Å². The number of hydrogen-bond donors (Lipinski definition) is 2. The van der Waals surface area contributed by atoms with Crippen LogP contribution < -0.4 is 10.6 Å². The van der Waals surface area contributed by atoms with E-state index in [0.29, 0.717) is 19.3 Å². The number of carbonyl (C=O) groups is 3. The minimum atomic E-state index is -0.868. The molecule has 4 rings (SSSR count). The number of amides is 2. The van der Waals surface area contributed by atoms with Crippen LogP contribution in [0.25, 0.3) is 11.1 Å². The van der Waals surface area contributed by atoms with Gasteiger partial charge in [0.25, 0.3) is 0 Å². The molecule has 258 valence electrons. The molecule has 0 saturated heterocycles. The summed E-state index contributed by atoms with van der Waals surface area (Å²) in [7, 11) is 1.59. The van der Waals surface area contributed by atoms with Crippen molar-refractivity contribution in [3.05, 3.63) is 131 Å². The van der Waals surface area contributed by atoms with Gasteiger partial charge in [-0.15, -0.1) is 0 Å². The maximum atomic E-state index is 14.0. The third-order valence-electron chi connectivity index (χ3n) is 8.36. The van der Waals surface area contributed by atoms with E-state index in [1.807, 2.05) is 99.6 Å². The average Bonchev–Trinajstić information content (AvgIpc) is 3.07. The number of ether oxygens (including phenoxy) is 2. The summed E-state index contributed by atoms with van der Waals surface area (Å²) in [5, 5.41) is 6.10. The highest BCUT2D eigenvalue weighted by Gasteiger charge is 2.30. The van der Waals surface area contributed by atoms with Crippen molar-refractivity contribution in [2.75, 3.05) is 13.7 Å². The molecule has 4 aromatic rings. The van der Waals surface area contributed by atoms with Crippen LogP contribution in [0.3, 0.4) is 0 Å². The monoisotopic (exact) mass is 662 g/mol. The van der Waals surface area contributed by atoms with Gasteiger partial charge in [-0.2, -0.15) is 0 Å². The van der Waals surface area contributed by atoms with E-state index in [9.17, 15) is 14.4 Å². The Hall–Kier alpha value is -4.75. The van der Waals surface area contributed by atoms with E-state index in [-0.39, 0.29) is 24.8 Å². The maximum Gasteiger partial charge on any atom is 0.307 e. The van der Waals surface area contributed by atoms with E-state index < -0.39 is 29.6 Å². The number of aryl methyl sites for hydroxylation is 2. The molecule has 0 aliphatic heterocycles. The number of benzene rings is 4. The second kappa shape index (κ2) is 18.1. The quantitative estimate of drug-likeness (QED) is 0.121. The largest absolute Gasteiger partial charge is 0.460 e. The topological polar surface area (TPSA) is 93.7 Å². The molecule has 49 heavy (non-hydrogen) atoms. The van der Waals surface area contributed by atoms with E-state index in [2.05, 4.69) is 47.9 Å². The first kappa shape index (κ1) is 37.1. The van der Waals surface area contributed by atoms with Crippen molar-refractivity contribution in [3.63, 3.8) is 0 Å². The number of carbonyl (C=O) groups excluding carboxylic acids is 3. The van der Waals surface area contributed by atoms with Crippen molar-refractivity contribution in [2.24, 2.45) is 5.92 Å². The smallest absolute Gasteiger partial charge is 0.307 e. The molecule has 2 N–H and O–H groups in total. The summed E-state index contributed by atoms with van der Waals surface area (Å²) >= 11 is 0. The van der Waals surface area contributed by atoms with Gasteiger partial charge in [-0.05, 0) is 80.3 Å². The standard InChI is InChI=1S/C42H50N2O5/c1-30-26-32(24-25-36(30)33-19-11-7-12-20-33)18-15-23-35(28-39(45)49-42(2,3)4)40(46)43-37(27-31-16-9-6-10-17-31)41(47)44-38(29-48-5)34-21-13-8-14-22-34/h6-14,16-17,19-22,24-26,35,37-38H,15,18,23,27-29H2,1-5H3,(H,43,46)(H,44,47). The van der Waals surface area contributed by atoms with Gasteiger partial charge in [0.2, 0.25) is 11.8 Å². The van der Waals surface area contributed by atoms with Crippen LogP contribution >= 0.6 is 0 Å². The van der Waals surface area contributed by atoms with E-state index in [4.69, 9.17) is 9.47 Å². The fourth-order valence-electron chi connectivity index (χ4n) is 5.98. The fraction of sp³-hybridized carbons (Fsp3) is 0.357. The van der Waals surface area contributed by atoms with Crippen molar-refractivity contribution in [1.82, 2.24) is 10.6 Å². The zero-order valence-electron chi connectivity index (χ0n) is 29.4. The summed E-state index contributed by atoms with van der Waals surface area (Å²) in [6, 6.07) is 34.7. The van der Waals surface area contributed by atoms with Crippen LogP contribution in [-0.2, 0) is 36.7 Å². The average molecular weight is 663 g/mol. The highest BCUT2D eigenvalue weighted by Crippen LogP contribution is 2.25. The molecule has 0 aromatic heterocycles. The third kappa shape index (κ3) is 12.0. The summed E-state index contributed by atoms with van der Waals surface area (Å²) in [5.41, 5.74) is 5.84. The number of nitrogens with one attached hydrogen (secondary N) is 2. The van der Waals surface area contributed by atoms with Gasteiger partial charge in [-0.1, -0.05) is 109 Å². The van der Waals surface area contributed by atoms with Gasteiger partial charge in [0.1, 0.15) is 11.6 Å². The van der Waals surface area contributed by atoms with Crippen molar-refractivity contribution in [2.45, 2.75) is 77.5 Å². The first-order chi connectivity index (χ1) is 23.5. The molecule has 4 aromatic carbocycles.